The van der Waals surface area contributed by atoms with Crippen LogP contribution in [0.15, 0.2) is 60.7 Å². The molecule has 0 saturated heterocycles. The van der Waals surface area contributed by atoms with Crippen LogP contribution in [0.2, 0.25) is 5.02 Å². The predicted octanol–water partition coefficient (Wildman–Crippen LogP) is 5.47. The number of rotatable bonds is 6. The summed E-state index contributed by atoms with van der Waals surface area (Å²) in [4.78, 5) is 17.7. The Kier molecular flexibility index (Phi) is 6.33. The van der Waals surface area contributed by atoms with Gasteiger partial charge in [-0.1, -0.05) is 47.5 Å². The normalized spacial score (nSPS) is 10.7. The van der Waals surface area contributed by atoms with Crippen LogP contribution in [0, 0.1) is 13.8 Å². The van der Waals surface area contributed by atoms with Gasteiger partial charge in [-0.3, -0.25) is 4.79 Å². The van der Waals surface area contributed by atoms with Crippen molar-refractivity contribution in [1.82, 2.24) is 14.8 Å². The van der Waals surface area contributed by atoms with Crippen molar-refractivity contribution < 1.29 is 14.3 Å². The second-order valence-corrected chi connectivity index (χ2v) is 7.92. The minimum atomic E-state index is -0.478. The van der Waals surface area contributed by atoms with Crippen molar-refractivity contribution >= 4 is 23.2 Å². The number of aryl methyl sites for hydroxylation is 2. The molecule has 168 valence electrons. The molecule has 0 spiro atoms. The molecule has 33 heavy (non-hydrogen) atoms. The van der Waals surface area contributed by atoms with Gasteiger partial charge >= 0.3 is 0 Å². The number of carbonyl (C=O) groups excluding carboxylic acids is 1. The number of halogens is 1. The third-order valence-electron chi connectivity index (χ3n) is 5.17. The molecule has 0 fully saturated rings. The van der Waals surface area contributed by atoms with Gasteiger partial charge in [0.15, 0.2) is 5.82 Å². The molecule has 1 heterocycles. The van der Waals surface area contributed by atoms with E-state index in [1.165, 1.54) is 7.11 Å². The number of carbonyl (C=O) groups is 1. The maximum atomic E-state index is 13.1. The number of hydrogen-bond acceptors (Lipinski definition) is 5. The molecule has 0 radical (unpaired) electrons. The lowest BCUT2D eigenvalue weighted by molar-refractivity contribution is 0.101. The number of ether oxygens (including phenoxy) is 2. The highest BCUT2D eigenvalue weighted by molar-refractivity contribution is 6.30. The molecule has 3 aromatic carbocycles. The van der Waals surface area contributed by atoms with E-state index in [0.29, 0.717) is 28.0 Å². The third-order valence-corrected chi connectivity index (χ3v) is 5.41. The predicted molar refractivity (Wildman–Crippen MR) is 129 cm³/mol. The van der Waals surface area contributed by atoms with Crippen molar-refractivity contribution in [2.24, 2.45) is 0 Å². The highest BCUT2D eigenvalue weighted by Crippen LogP contribution is 2.30. The van der Waals surface area contributed by atoms with E-state index in [2.05, 4.69) is 15.4 Å². The van der Waals surface area contributed by atoms with Crippen LogP contribution in [-0.4, -0.2) is 34.9 Å². The lowest BCUT2D eigenvalue weighted by Crippen LogP contribution is -2.15. The summed E-state index contributed by atoms with van der Waals surface area (Å²) in [7, 11) is 3.08. The second kappa shape index (κ2) is 9.34. The molecule has 0 bridgehead atoms. The Morgan fingerprint density at radius 3 is 2.42 bits per heavy atom. The Morgan fingerprint density at radius 2 is 1.73 bits per heavy atom. The van der Waals surface area contributed by atoms with Crippen molar-refractivity contribution in [2.45, 2.75) is 13.8 Å². The Balaban J connectivity index is 1.79. The quantitative estimate of drug-likeness (QED) is 0.411. The average Bonchev–Trinajstić information content (AvgIpc) is 3.26. The molecular formula is C25H23ClN4O3. The van der Waals surface area contributed by atoms with Crippen LogP contribution in [0.3, 0.4) is 0 Å². The van der Waals surface area contributed by atoms with Crippen LogP contribution in [-0.2, 0) is 0 Å². The highest BCUT2D eigenvalue weighted by atomic mass is 35.5. The minimum Gasteiger partial charge on any atom is -0.497 e. The number of aromatic nitrogens is 3. The number of benzene rings is 3. The van der Waals surface area contributed by atoms with E-state index in [0.717, 1.165) is 22.4 Å². The fourth-order valence-corrected chi connectivity index (χ4v) is 3.53. The van der Waals surface area contributed by atoms with Crippen LogP contribution in [0.1, 0.15) is 21.7 Å². The van der Waals surface area contributed by atoms with E-state index in [-0.39, 0.29) is 5.82 Å². The Bertz CT molecular complexity index is 1320. The number of nitrogens with one attached hydrogen (secondary N) is 1. The minimum absolute atomic E-state index is 0.00910. The van der Waals surface area contributed by atoms with Gasteiger partial charge in [0.05, 0.1) is 25.6 Å². The van der Waals surface area contributed by atoms with Gasteiger partial charge in [-0.05, 0) is 43.7 Å². The molecule has 0 unspecified atom stereocenters. The maximum Gasteiger partial charge on any atom is 0.295 e. The van der Waals surface area contributed by atoms with E-state index in [9.17, 15) is 4.79 Å². The van der Waals surface area contributed by atoms with E-state index < -0.39 is 5.91 Å². The fourth-order valence-electron chi connectivity index (χ4n) is 3.37. The first-order valence-corrected chi connectivity index (χ1v) is 10.6. The standard InChI is InChI=1S/C25H23ClN4O3/c1-15-5-8-17(9-6-15)24-28-23(29-30(24)21-13-18(26)10-7-16(21)2)25(31)27-20-14-19(32-3)11-12-22(20)33-4/h5-14H,1-4H3,(H,27,31). The molecular weight excluding hydrogens is 440 g/mol. The van der Waals surface area contributed by atoms with Crippen molar-refractivity contribution in [2.75, 3.05) is 19.5 Å². The molecule has 1 aromatic heterocycles. The molecule has 0 atom stereocenters. The SMILES string of the molecule is COc1ccc(OC)c(NC(=O)c2nc(-c3ccc(C)cc3)n(-c3cc(Cl)ccc3C)n2)c1. The molecule has 4 aromatic rings. The summed E-state index contributed by atoms with van der Waals surface area (Å²) in [6.07, 6.45) is 0. The zero-order valence-electron chi connectivity index (χ0n) is 18.7. The summed E-state index contributed by atoms with van der Waals surface area (Å²) in [5.74, 6) is 1.14. The van der Waals surface area contributed by atoms with Crippen LogP contribution in [0.5, 0.6) is 11.5 Å². The molecule has 4 rings (SSSR count). The van der Waals surface area contributed by atoms with Gasteiger partial charge in [-0.2, -0.15) is 0 Å². The van der Waals surface area contributed by atoms with Gasteiger partial charge in [0, 0.05) is 16.7 Å². The largest absolute Gasteiger partial charge is 0.497 e. The molecule has 1 amide bonds. The number of amides is 1. The highest BCUT2D eigenvalue weighted by Gasteiger charge is 2.21. The number of anilines is 1. The Labute approximate surface area is 196 Å². The summed E-state index contributed by atoms with van der Waals surface area (Å²) in [6.45, 7) is 3.96. The lowest BCUT2D eigenvalue weighted by atomic mass is 10.1. The van der Waals surface area contributed by atoms with Gasteiger partial charge in [0.2, 0.25) is 5.82 Å². The third kappa shape index (κ3) is 4.68. The van der Waals surface area contributed by atoms with Crippen LogP contribution < -0.4 is 14.8 Å². The zero-order chi connectivity index (χ0) is 23.5. The summed E-state index contributed by atoms with van der Waals surface area (Å²) in [5, 5.41) is 7.92. The molecule has 7 nitrogen and oxygen atoms in total. The number of methoxy groups -OCH3 is 2. The zero-order valence-corrected chi connectivity index (χ0v) is 19.5. The number of hydrogen-bond donors (Lipinski definition) is 1. The van der Waals surface area contributed by atoms with E-state index in [4.69, 9.17) is 21.1 Å². The smallest absolute Gasteiger partial charge is 0.295 e. The first-order valence-electron chi connectivity index (χ1n) is 10.2. The lowest BCUT2D eigenvalue weighted by Gasteiger charge is -2.10. The Hall–Kier alpha value is -3.84. The van der Waals surface area contributed by atoms with Gasteiger partial charge in [-0.15, -0.1) is 5.10 Å². The molecule has 1 N–H and O–H groups in total. The van der Waals surface area contributed by atoms with Crippen LogP contribution >= 0.6 is 11.6 Å². The topological polar surface area (TPSA) is 78.3 Å². The molecule has 0 aliphatic heterocycles. The Morgan fingerprint density at radius 1 is 0.970 bits per heavy atom. The molecule has 0 aliphatic rings. The number of nitrogens with zero attached hydrogens (tertiary/aromatic N) is 3. The summed E-state index contributed by atoms with van der Waals surface area (Å²) in [5.41, 5.74) is 4.08. The van der Waals surface area contributed by atoms with E-state index in [1.807, 2.05) is 50.2 Å². The fraction of sp³-hybridized carbons (Fsp3) is 0.160. The van der Waals surface area contributed by atoms with Crippen LogP contribution in [0.25, 0.3) is 17.1 Å². The first-order chi connectivity index (χ1) is 15.9. The van der Waals surface area contributed by atoms with Gasteiger partial charge in [-0.25, -0.2) is 9.67 Å². The second-order valence-electron chi connectivity index (χ2n) is 7.49. The average molecular weight is 463 g/mol. The monoisotopic (exact) mass is 462 g/mol. The van der Waals surface area contributed by atoms with Gasteiger partial charge in [0.1, 0.15) is 11.5 Å². The van der Waals surface area contributed by atoms with Gasteiger partial charge < -0.3 is 14.8 Å². The van der Waals surface area contributed by atoms with E-state index >= 15 is 0 Å². The van der Waals surface area contributed by atoms with Crippen molar-refractivity contribution in [3.8, 4) is 28.6 Å². The summed E-state index contributed by atoms with van der Waals surface area (Å²) < 4.78 is 12.3. The summed E-state index contributed by atoms with van der Waals surface area (Å²) >= 11 is 6.26. The molecule has 0 aliphatic carbocycles. The van der Waals surface area contributed by atoms with E-state index in [1.54, 1.807) is 36.1 Å². The van der Waals surface area contributed by atoms with Crippen LogP contribution in [0.4, 0.5) is 5.69 Å². The van der Waals surface area contributed by atoms with Crippen molar-refractivity contribution in [1.29, 1.82) is 0 Å². The first kappa shape index (κ1) is 22.4. The van der Waals surface area contributed by atoms with Gasteiger partial charge in [0.25, 0.3) is 5.91 Å². The maximum absolute atomic E-state index is 13.1. The van der Waals surface area contributed by atoms with Crippen molar-refractivity contribution in [3.63, 3.8) is 0 Å². The molecule has 8 heteroatoms. The molecule has 0 saturated carbocycles. The summed E-state index contributed by atoms with van der Waals surface area (Å²) in [6, 6.07) is 18.5. The van der Waals surface area contributed by atoms with Crippen molar-refractivity contribution in [3.05, 3.63) is 82.6 Å².